The summed E-state index contributed by atoms with van der Waals surface area (Å²) in [6.07, 6.45) is 11.5. The first-order chi connectivity index (χ1) is 15.0. The molecule has 0 aliphatic carbocycles. The molecule has 0 radical (unpaired) electrons. The first kappa shape index (κ1) is 21.5. The number of aromatic nitrogens is 3. The topological polar surface area (TPSA) is 80.3 Å². The molecule has 0 aliphatic heterocycles. The molecule has 0 saturated heterocycles. The maximum atomic E-state index is 5.95. The maximum Gasteiger partial charge on any atom is 0.158 e. The standard InChI is InChI=1S/C23H24N6.C2H2/c1-15-9-10-19(24)11-21(15)28-23-22-16(2)20(13-29(22)27-14-26-23)17(3)25-12-18-7-5-4-6-8-18;1-2/h4-11,13-14,25H,3,12,24H2,1-2H3,(H,26,27,28);1-2H. The minimum atomic E-state index is 0.703. The maximum absolute atomic E-state index is 5.95. The Morgan fingerprint density at radius 3 is 2.61 bits per heavy atom. The number of hydrogen-bond acceptors (Lipinski definition) is 5. The lowest BCUT2D eigenvalue weighted by atomic mass is 10.1. The second kappa shape index (κ2) is 9.51. The fourth-order valence-electron chi connectivity index (χ4n) is 3.36. The van der Waals surface area contributed by atoms with Crippen LogP contribution in [0.25, 0.3) is 11.2 Å². The summed E-state index contributed by atoms with van der Waals surface area (Å²) >= 11 is 0. The van der Waals surface area contributed by atoms with Gasteiger partial charge in [0.2, 0.25) is 0 Å². The minimum absolute atomic E-state index is 0.703. The highest BCUT2D eigenvalue weighted by Gasteiger charge is 2.15. The lowest BCUT2D eigenvalue weighted by Gasteiger charge is -2.11. The molecule has 0 saturated carbocycles. The number of nitrogens with two attached hydrogens (primary N) is 1. The third-order valence-electron chi connectivity index (χ3n) is 5.02. The van der Waals surface area contributed by atoms with Crippen LogP contribution in [0.2, 0.25) is 0 Å². The SMILES string of the molecule is C#C.C=C(NCc1ccccc1)c1cn2ncnc(Nc3cc(N)ccc3C)c2c1C. The first-order valence-corrected chi connectivity index (χ1v) is 9.79. The average molecular weight is 411 g/mol. The zero-order valence-corrected chi connectivity index (χ0v) is 17.8. The van der Waals surface area contributed by atoms with Gasteiger partial charge >= 0.3 is 0 Å². The number of nitrogen functional groups attached to an aromatic ring is 1. The Balaban J connectivity index is 0.00000132. The predicted molar refractivity (Wildman–Crippen MR) is 129 cm³/mol. The highest BCUT2D eigenvalue weighted by Crippen LogP contribution is 2.29. The van der Waals surface area contributed by atoms with Crippen molar-refractivity contribution in [3.8, 4) is 12.8 Å². The smallest absolute Gasteiger partial charge is 0.158 e. The van der Waals surface area contributed by atoms with Gasteiger partial charge in [0.05, 0.1) is 0 Å². The number of benzene rings is 2. The van der Waals surface area contributed by atoms with Gasteiger partial charge in [-0.1, -0.05) is 43.0 Å². The second-order valence-corrected chi connectivity index (χ2v) is 7.09. The van der Waals surface area contributed by atoms with E-state index in [1.54, 1.807) is 6.33 Å². The van der Waals surface area contributed by atoms with E-state index in [2.05, 4.69) is 59.2 Å². The van der Waals surface area contributed by atoms with Crippen LogP contribution in [0, 0.1) is 26.7 Å². The van der Waals surface area contributed by atoms with Gasteiger partial charge in [0.1, 0.15) is 11.8 Å². The number of aryl methyl sites for hydroxylation is 2. The van der Waals surface area contributed by atoms with Crippen LogP contribution in [0.5, 0.6) is 0 Å². The summed E-state index contributed by atoms with van der Waals surface area (Å²) in [4.78, 5) is 4.47. The molecule has 2 aromatic heterocycles. The van der Waals surface area contributed by atoms with Gasteiger partial charge in [-0.15, -0.1) is 12.8 Å². The molecule has 31 heavy (non-hydrogen) atoms. The molecular weight excluding hydrogens is 384 g/mol. The van der Waals surface area contributed by atoms with E-state index in [4.69, 9.17) is 5.73 Å². The number of anilines is 3. The summed E-state index contributed by atoms with van der Waals surface area (Å²) in [6.45, 7) is 9.03. The molecule has 6 heteroatoms. The quantitative estimate of drug-likeness (QED) is 0.318. The number of rotatable bonds is 6. The van der Waals surface area contributed by atoms with Crippen molar-refractivity contribution in [1.29, 1.82) is 0 Å². The molecule has 0 atom stereocenters. The van der Waals surface area contributed by atoms with E-state index in [1.807, 2.05) is 54.0 Å². The predicted octanol–water partition coefficient (Wildman–Crippen LogP) is 4.68. The van der Waals surface area contributed by atoms with E-state index in [-0.39, 0.29) is 0 Å². The Labute approximate surface area is 182 Å². The van der Waals surface area contributed by atoms with Gasteiger partial charge < -0.3 is 16.4 Å². The Morgan fingerprint density at radius 1 is 1.13 bits per heavy atom. The number of hydrogen-bond donors (Lipinski definition) is 3. The van der Waals surface area contributed by atoms with Crippen LogP contribution in [0.4, 0.5) is 17.2 Å². The summed E-state index contributed by atoms with van der Waals surface area (Å²) in [5, 5.41) is 11.2. The van der Waals surface area contributed by atoms with Gasteiger partial charge in [-0.25, -0.2) is 9.50 Å². The van der Waals surface area contributed by atoms with Crippen molar-refractivity contribution in [2.75, 3.05) is 11.1 Å². The van der Waals surface area contributed by atoms with E-state index in [0.717, 1.165) is 39.4 Å². The van der Waals surface area contributed by atoms with Gasteiger partial charge in [0, 0.05) is 35.4 Å². The summed E-state index contributed by atoms with van der Waals surface area (Å²) < 4.78 is 1.83. The molecule has 0 aliphatic rings. The second-order valence-electron chi connectivity index (χ2n) is 7.09. The summed E-state index contributed by atoms with van der Waals surface area (Å²) in [5.41, 5.74) is 13.7. The fraction of sp³-hybridized carbons (Fsp3) is 0.120. The zero-order chi connectivity index (χ0) is 22.4. The van der Waals surface area contributed by atoms with E-state index in [0.29, 0.717) is 12.2 Å². The third kappa shape index (κ3) is 4.68. The zero-order valence-electron chi connectivity index (χ0n) is 17.8. The van der Waals surface area contributed by atoms with Crippen molar-refractivity contribution in [2.24, 2.45) is 0 Å². The Morgan fingerprint density at radius 2 is 1.87 bits per heavy atom. The van der Waals surface area contributed by atoms with Crippen LogP contribution in [0.1, 0.15) is 22.3 Å². The normalized spacial score (nSPS) is 10.2. The summed E-state index contributed by atoms with van der Waals surface area (Å²) in [5.74, 6) is 0.730. The Bertz CT molecular complexity index is 1220. The fourth-order valence-corrected chi connectivity index (χ4v) is 3.36. The van der Waals surface area contributed by atoms with Crippen LogP contribution >= 0.6 is 0 Å². The molecule has 0 amide bonds. The monoisotopic (exact) mass is 410 g/mol. The molecule has 2 aromatic carbocycles. The highest BCUT2D eigenvalue weighted by atomic mass is 15.3. The number of nitrogens with zero attached hydrogens (tertiary/aromatic N) is 3. The lowest BCUT2D eigenvalue weighted by molar-refractivity contribution is 0.884. The number of terminal acetylenes is 1. The Hall–Kier alpha value is -4.24. The van der Waals surface area contributed by atoms with Crippen molar-refractivity contribution >= 4 is 28.4 Å². The third-order valence-corrected chi connectivity index (χ3v) is 5.02. The van der Waals surface area contributed by atoms with E-state index in [1.165, 1.54) is 5.56 Å². The summed E-state index contributed by atoms with van der Waals surface area (Å²) in [7, 11) is 0. The number of fused-ring (bicyclic) bond motifs is 1. The minimum Gasteiger partial charge on any atom is -0.399 e. The molecule has 156 valence electrons. The van der Waals surface area contributed by atoms with Crippen LogP contribution in [-0.2, 0) is 6.54 Å². The molecule has 0 unspecified atom stereocenters. The van der Waals surface area contributed by atoms with Crippen LogP contribution in [-0.4, -0.2) is 14.6 Å². The molecule has 4 aromatic rings. The van der Waals surface area contributed by atoms with Gasteiger partial charge in [0.15, 0.2) is 5.82 Å². The molecule has 4 rings (SSSR count). The van der Waals surface area contributed by atoms with Crippen molar-refractivity contribution < 1.29 is 0 Å². The molecule has 2 heterocycles. The lowest BCUT2D eigenvalue weighted by Crippen LogP contribution is -2.10. The molecule has 0 bridgehead atoms. The van der Waals surface area contributed by atoms with Crippen molar-refractivity contribution in [2.45, 2.75) is 20.4 Å². The molecule has 0 fully saturated rings. The van der Waals surface area contributed by atoms with Crippen molar-refractivity contribution in [1.82, 2.24) is 19.9 Å². The van der Waals surface area contributed by atoms with Crippen molar-refractivity contribution in [3.63, 3.8) is 0 Å². The van der Waals surface area contributed by atoms with Crippen LogP contribution < -0.4 is 16.4 Å². The van der Waals surface area contributed by atoms with E-state index >= 15 is 0 Å². The Kier molecular flexibility index (Phi) is 6.58. The van der Waals surface area contributed by atoms with E-state index < -0.39 is 0 Å². The molecule has 6 nitrogen and oxygen atoms in total. The van der Waals surface area contributed by atoms with Gasteiger partial charge in [-0.2, -0.15) is 5.10 Å². The highest BCUT2D eigenvalue weighted by molar-refractivity contribution is 5.83. The van der Waals surface area contributed by atoms with Crippen LogP contribution in [0.15, 0.2) is 67.6 Å². The first-order valence-electron chi connectivity index (χ1n) is 9.79. The van der Waals surface area contributed by atoms with Gasteiger partial charge in [0.25, 0.3) is 0 Å². The van der Waals surface area contributed by atoms with Crippen LogP contribution in [0.3, 0.4) is 0 Å². The average Bonchev–Trinajstić information content (AvgIpc) is 3.14. The number of nitrogens with one attached hydrogen (secondary N) is 2. The molecular formula is C25H26N6. The largest absolute Gasteiger partial charge is 0.399 e. The van der Waals surface area contributed by atoms with Crippen molar-refractivity contribution in [3.05, 3.63) is 89.9 Å². The molecule has 0 spiro atoms. The van der Waals surface area contributed by atoms with E-state index in [9.17, 15) is 0 Å². The van der Waals surface area contributed by atoms with Gasteiger partial charge in [-0.3, -0.25) is 0 Å². The summed E-state index contributed by atoms with van der Waals surface area (Å²) in [6, 6.07) is 16.0. The van der Waals surface area contributed by atoms with Gasteiger partial charge in [-0.05, 0) is 42.7 Å². The molecule has 4 N–H and O–H groups in total.